The van der Waals surface area contributed by atoms with Crippen molar-refractivity contribution in [3.8, 4) is 0 Å². The van der Waals surface area contributed by atoms with Crippen molar-refractivity contribution in [2.24, 2.45) is 0 Å². The average Bonchev–Trinajstić information content (AvgIpc) is 2.99. The largest absolute Gasteiger partial charge is 0.392 e. The zero-order valence-corrected chi connectivity index (χ0v) is 13.8. The molecule has 0 fully saturated rings. The zero-order chi connectivity index (χ0) is 16.3. The van der Waals surface area contributed by atoms with Crippen LogP contribution >= 0.6 is 0 Å². The molecule has 7 heteroatoms. The molecular weight excluding hydrogens is 302 g/mol. The van der Waals surface area contributed by atoms with Crippen LogP contribution < -0.4 is 4.72 Å². The van der Waals surface area contributed by atoms with E-state index in [4.69, 9.17) is 5.11 Å². The van der Waals surface area contributed by atoms with Crippen LogP contribution in [0.25, 0.3) is 0 Å². The number of sulfonamides is 1. The Kier molecular flexibility index (Phi) is 4.87. The third kappa shape index (κ3) is 3.48. The first-order valence-electron chi connectivity index (χ1n) is 7.14. The Morgan fingerprint density at radius 2 is 2.14 bits per heavy atom. The molecule has 2 N–H and O–H groups in total. The molecule has 120 valence electrons. The summed E-state index contributed by atoms with van der Waals surface area (Å²) in [7, 11) is -3.75. The lowest BCUT2D eigenvalue weighted by atomic mass is 10.1. The van der Waals surface area contributed by atoms with Gasteiger partial charge in [0.1, 0.15) is 0 Å². The van der Waals surface area contributed by atoms with E-state index in [0.29, 0.717) is 11.3 Å². The summed E-state index contributed by atoms with van der Waals surface area (Å²) < 4.78 is 29.2. The number of rotatable bonds is 6. The molecule has 0 amide bonds. The van der Waals surface area contributed by atoms with Gasteiger partial charge in [0.25, 0.3) is 10.0 Å². The van der Waals surface area contributed by atoms with Crippen molar-refractivity contribution in [1.82, 2.24) is 9.55 Å². The fourth-order valence-corrected chi connectivity index (χ4v) is 3.04. The van der Waals surface area contributed by atoms with Gasteiger partial charge >= 0.3 is 0 Å². The van der Waals surface area contributed by atoms with Crippen LogP contribution in [0.2, 0.25) is 0 Å². The summed E-state index contributed by atoms with van der Waals surface area (Å²) >= 11 is 0. The van der Waals surface area contributed by atoms with E-state index < -0.39 is 10.0 Å². The number of aromatic nitrogens is 2. The number of anilines is 1. The predicted molar refractivity (Wildman–Crippen MR) is 85.1 cm³/mol. The topological polar surface area (TPSA) is 84.2 Å². The van der Waals surface area contributed by atoms with Crippen molar-refractivity contribution in [1.29, 1.82) is 0 Å². The molecule has 22 heavy (non-hydrogen) atoms. The number of aliphatic hydroxyl groups is 1. The summed E-state index contributed by atoms with van der Waals surface area (Å²) in [5.74, 6) is 0. The lowest BCUT2D eigenvalue weighted by Crippen LogP contribution is -2.14. The third-order valence-corrected chi connectivity index (χ3v) is 4.93. The number of aryl methyl sites for hydroxylation is 1. The number of nitrogens with zero attached hydrogens (tertiary/aromatic N) is 2. The van der Waals surface area contributed by atoms with Crippen LogP contribution in [-0.2, 0) is 16.6 Å². The molecule has 1 heterocycles. The quantitative estimate of drug-likeness (QED) is 0.855. The van der Waals surface area contributed by atoms with Crippen molar-refractivity contribution in [3.63, 3.8) is 0 Å². The van der Waals surface area contributed by atoms with Crippen LogP contribution in [0.5, 0.6) is 0 Å². The highest BCUT2D eigenvalue weighted by atomic mass is 32.2. The molecule has 2 aromatic rings. The van der Waals surface area contributed by atoms with Crippen LogP contribution in [0.15, 0.2) is 35.7 Å². The first-order valence-corrected chi connectivity index (χ1v) is 8.62. The van der Waals surface area contributed by atoms with Gasteiger partial charge in [-0.25, -0.2) is 4.98 Å². The monoisotopic (exact) mass is 323 g/mol. The minimum atomic E-state index is -3.75. The molecule has 0 spiro atoms. The second-order valence-corrected chi connectivity index (χ2v) is 6.96. The molecule has 0 bridgehead atoms. The maximum absolute atomic E-state index is 12.4. The van der Waals surface area contributed by atoms with E-state index in [-0.39, 0.29) is 17.7 Å². The van der Waals surface area contributed by atoms with Crippen LogP contribution in [0.1, 0.15) is 37.4 Å². The highest BCUT2D eigenvalue weighted by molar-refractivity contribution is 7.92. The maximum atomic E-state index is 12.4. The molecule has 0 aliphatic rings. The normalized spacial score (nSPS) is 13.1. The van der Waals surface area contributed by atoms with E-state index in [9.17, 15) is 8.42 Å². The van der Waals surface area contributed by atoms with Crippen LogP contribution in [0.4, 0.5) is 5.69 Å². The lowest BCUT2D eigenvalue weighted by molar-refractivity contribution is 0.282. The average molecular weight is 323 g/mol. The number of benzene rings is 1. The van der Waals surface area contributed by atoms with Gasteiger partial charge in [0, 0.05) is 12.2 Å². The first-order chi connectivity index (χ1) is 10.4. The lowest BCUT2D eigenvalue weighted by Gasteiger charge is -2.11. The van der Waals surface area contributed by atoms with Gasteiger partial charge in [-0.2, -0.15) is 8.42 Å². The van der Waals surface area contributed by atoms with Gasteiger partial charge in [-0.3, -0.25) is 4.72 Å². The molecule has 1 aromatic heterocycles. The van der Waals surface area contributed by atoms with Gasteiger partial charge in [-0.15, -0.1) is 0 Å². The summed E-state index contributed by atoms with van der Waals surface area (Å²) in [5.41, 5.74) is 1.88. The Labute approximate surface area is 130 Å². The molecule has 1 atom stereocenters. The molecule has 2 rings (SSSR count). The van der Waals surface area contributed by atoms with Crippen molar-refractivity contribution in [2.45, 2.75) is 44.9 Å². The summed E-state index contributed by atoms with van der Waals surface area (Å²) in [4.78, 5) is 3.99. The van der Waals surface area contributed by atoms with E-state index in [0.717, 1.165) is 12.0 Å². The fourth-order valence-electron chi connectivity index (χ4n) is 1.98. The van der Waals surface area contributed by atoms with Crippen LogP contribution in [0.3, 0.4) is 0 Å². The van der Waals surface area contributed by atoms with Crippen molar-refractivity contribution < 1.29 is 13.5 Å². The van der Waals surface area contributed by atoms with Crippen LogP contribution in [-0.4, -0.2) is 23.1 Å². The standard InChI is InChI=1S/C15H21N3O3S/c1-4-12(3)18-8-15(16-10-18)22(20,21)17-14-7-13(9-19)6-5-11(14)2/h5-8,10,12,17,19H,4,9H2,1-3H3/t12-/m1/s1. The number of hydrogen-bond acceptors (Lipinski definition) is 4. The Balaban J connectivity index is 2.30. The third-order valence-electron chi connectivity index (χ3n) is 3.68. The number of aliphatic hydroxyl groups excluding tert-OH is 1. The fraction of sp³-hybridized carbons (Fsp3) is 0.400. The minimum absolute atomic E-state index is 0.0124. The van der Waals surface area contributed by atoms with Gasteiger partial charge in [-0.05, 0) is 37.5 Å². The molecule has 0 unspecified atom stereocenters. The molecule has 6 nitrogen and oxygen atoms in total. The van der Waals surface area contributed by atoms with Gasteiger partial charge in [0.05, 0.1) is 18.6 Å². The Bertz CT molecular complexity index is 753. The van der Waals surface area contributed by atoms with Crippen LogP contribution in [0, 0.1) is 6.92 Å². The molecule has 0 aliphatic carbocycles. The number of nitrogens with one attached hydrogen (secondary N) is 1. The molecule has 0 saturated carbocycles. The number of imidazole rings is 1. The van der Waals surface area contributed by atoms with E-state index in [1.54, 1.807) is 29.7 Å². The van der Waals surface area contributed by atoms with Crippen molar-refractivity contribution >= 4 is 15.7 Å². The summed E-state index contributed by atoms with van der Waals surface area (Å²) in [6.45, 7) is 5.69. The van der Waals surface area contributed by atoms with Gasteiger partial charge in [-0.1, -0.05) is 19.1 Å². The molecule has 0 radical (unpaired) electrons. The molecule has 0 saturated heterocycles. The first kappa shape index (κ1) is 16.5. The van der Waals surface area contributed by atoms with Gasteiger partial charge in [0.2, 0.25) is 0 Å². The minimum Gasteiger partial charge on any atom is -0.392 e. The van der Waals surface area contributed by atoms with Gasteiger partial charge < -0.3 is 9.67 Å². The second kappa shape index (κ2) is 6.50. The highest BCUT2D eigenvalue weighted by Crippen LogP contribution is 2.21. The summed E-state index contributed by atoms with van der Waals surface area (Å²) in [6, 6.07) is 5.33. The Morgan fingerprint density at radius 3 is 2.77 bits per heavy atom. The van der Waals surface area contributed by atoms with E-state index in [2.05, 4.69) is 9.71 Å². The molecule has 1 aromatic carbocycles. The zero-order valence-electron chi connectivity index (χ0n) is 12.9. The predicted octanol–water partition coefficient (Wildman–Crippen LogP) is 2.46. The van der Waals surface area contributed by atoms with Crippen molar-refractivity contribution in [2.75, 3.05) is 4.72 Å². The van der Waals surface area contributed by atoms with E-state index in [1.165, 1.54) is 12.5 Å². The smallest absolute Gasteiger partial charge is 0.280 e. The summed E-state index contributed by atoms with van der Waals surface area (Å²) in [6.07, 6.45) is 3.95. The van der Waals surface area contributed by atoms with Gasteiger partial charge in [0.15, 0.2) is 5.03 Å². The second-order valence-electron chi connectivity index (χ2n) is 5.33. The molecule has 0 aliphatic heterocycles. The van der Waals surface area contributed by atoms with E-state index in [1.807, 2.05) is 13.8 Å². The number of hydrogen-bond donors (Lipinski definition) is 2. The summed E-state index contributed by atoms with van der Waals surface area (Å²) in [5, 5.41) is 9.15. The Hall–Kier alpha value is -1.86. The maximum Gasteiger partial charge on any atom is 0.280 e. The van der Waals surface area contributed by atoms with E-state index >= 15 is 0 Å². The molecular formula is C15H21N3O3S. The Morgan fingerprint density at radius 1 is 1.41 bits per heavy atom. The SMILES string of the molecule is CC[C@@H](C)n1cnc(S(=O)(=O)Nc2cc(CO)ccc2C)c1. The highest BCUT2D eigenvalue weighted by Gasteiger charge is 2.19. The van der Waals surface area contributed by atoms with Crippen molar-refractivity contribution in [3.05, 3.63) is 41.9 Å².